The molecule has 3 aromatic rings. The number of aromatic nitrogens is 1. The molecule has 0 atom stereocenters. The normalized spacial score (nSPS) is 10.8. The van der Waals surface area contributed by atoms with Crippen molar-refractivity contribution in [3.63, 3.8) is 0 Å². The van der Waals surface area contributed by atoms with Crippen molar-refractivity contribution in [2.45, 2.75) is 24.4 Å². The lowest BCUT2D eigenvalue weighted by Gasteiger charge is -2.24. The van der Waals surface area contributed by atoms with Gasteiger partial charge in [-0.05, 0) is 66.8 Å². The molecule has 0 aliphatic carbocycles. The van der Waals surface area contributed by atoms with E-state index in [-0.39, 0.29) is 11.8 Å². The quantitative estimate of drug-likeness (QED) is 0.335. The van der Waals surface area contributed by atoms with Gasteiger partial charge in [-0.25, -0.2) is 9.18 Å². The van der Waals surface area contributed by atoms with E-state index in [1.165, 1.54) is 12.1 Å². The lowest BCUT2D eigenvalue weighted by Crippen LogP contribution is -2.36. The number of ether oxygens (including phenoxy) is 1. The molecule has 1 heterocycles. The van der Waals surface area contributed by atoms with Crippen LogP contribution < -0.4 is 5.32 Å². The predicted molar refractivity (Wildman–Crippen MR) is 124 cm³/mol. The number of anilines is 1. The maximum Gasteiger partial charge on any atom is 0.322 e. The van der Waals surface area contributed by atoms with Gasteiger partial charge in [-0.3, -0.25) is 0 Å². The topological polar surface area (TPSA) is 46.5 Å². The number of hydrogen-bond acceptors (Lipinski definition) is 3. The molecule has 3 rings (SSSR count). The number of benzene rings is 2. The highest BCUT2D eigenvalue weighted by molar-refractivity contribution is 7.98. The zero-order valence-corrected chi connectivity index (χ0v) is 18.7. The largest absolute Gasteiger partial charge is 0.385 e. The monoisotopic (exact) mass is 441 g/mol. The molecule has 31 heavy (non-hydrogen) atoms. The van der Waals surface area contributed by atoms with Gasteiger partial charge in [-0.1, -0.05) is 12.1 Å². The smallest absolute Gasteiger partial charge is 0.322 e. The summed E-state index contributed by atoms with van der Waals surface area (Å²) in [6, 6.07) is 18.1. The number of amides is 2. The Hall–Kier alpha value is -2.77. The third-order valence-electron chi connectivity index (χ3n) is 4.92. The second-order valence-corrected chi connectivity index (χ2v) is 8.06. The number of methoxy groups -OCH3 is 1. The molecule has 2 aromatic carbocycles. The van der Waals surface area contributed by atoms with Crippen LogP contribution in [0.2, 0.25) is 0 Å². The zero-order valence-electron chi connectivity index (χ0n) is 17.9. The lowest BCUT2D eigenvalue weighted by molar-refractivity contribution is 0.171. The average Bonchev–Trinajstić information content (AvgIpc) is 3.20. The van der Waals surface area contributed by atoms with Gasteiger partial charge >= 0.3 is 6.03 Å². The zero-order chi connectivity index (χ0) is 22.1. The van der Waals surface area contributed by atoms with E-state index in [0.29, 0.717) is 26.2 Å². The minimum absolute atomic E-state index is 0.161. The number of carbonyl (C=O) groups excluding carboxylic acids is 1. The van der Waals surface area contributed by atoms with Crippen LogP contribution in [0.15, 0.2) is 71.8 Å². The number of thioether (sulfide) groups is 1. The highest BCUT2D eigenvalue weighted by Gasteiger charge is 2.16. The third-order valence-corrected chi connectivity index (χ3v) is 5.67. The van der Waals surface area contributed by atoms with Crippen LogP contribution in [0, 0.1) is 5.82 Å². The molecule has 5 nitrogen and oxygen atoms in total. The van der Waals surface area contributed by atoms with Crippen LogP contribution in [0.25, 0.3) is 0 Å². The summed E-state index contributed by atoms with van der Waals surface area (Å²) < 4.78 is 20.8. The van der Waals surface area contributed by atoms with Gasteiger partial charge in [0, 0.05) is 49.3 Å². The molecule has 0 unspecified atom stereocenters. The van der Waals surface area contributed by atoms with Crippen molar-refractivity contribution in [2.75, 3.05) is 31.8 Å². The van der Waals surface area contributed by atoms with E-state index >= 15 is 0 Å². The van der Waals surface area contributed by atoms with E-state index in [2.05, 4.69) is 5.32 Å². The molecular formula is C24H28FN3O2S. The molecule has 7 heteroatoms. The van der Waals surface area contributed by atoms with Crippen molar-refractivity contribution in [2.24, 2.45) is 0 Å². The Bertz CT molecular complexity index is 975. The first-order chi connectivity index (χ1) is 15.1. The number of rotatable bonds is 10. The molecule has 0 fully saturated rings. The van der Waals surface area contributed by atoms with Crippen LogP contribution in [0.5, 0.6) is 0 Å². The van der Waals surface area contributed by atoms with Gasteiger partial charge in [-0.15, -0.1) is 11.8 Å². The van der Waals surface area contributed by atoms with Crippen LogP contribution in [0.3, 0.4) is 0 Å². The number of hydrogen-bond donors (Lipinski definition) is 1. The summed E-state index contributed by atoms with van der Waals surface area (Å²) in [6.07, 6.45) is 4.70. The van der Waals surface area contributed by atoms with Crippen LogP contribution in [0.4, 0.5) is 14.9 Å². The van der Waals surface area contributed by atoms with Crippen LogP contribution in [0.1, 0.15) is 17.7 Å². The highest BCUT2D eigenvalue weighted by atomic mass is 32.2. The number of nitrogens with zero attached hydrogens (tertiary/aromatic N) is 2. The van der Waals surface area contributed by atoms with Crippen molar-refractivity contribution >= 4 is 23.5 Å². The Morgan fingerprint density at radius 2 is 1.97 bits per heavy atom. The predicted octanol–water partition coefficient (Wildman–Crippen LogP) is 5.47. The molecule has 0 spiro atoms. The number of urea groups is 1. The number of nitrogens with one attached hydrogen (secondary N) is 1. The van der Waals surface area contributed by atoms with E-state index in [1.54, 1.807) is 29.8 Å². The first-order valence-electron chi connectivity index (χ1n) is 10.2. The van der Waals surface area contributed by atoms with Gasteiger partial charge in [0.15, 0.2) is 0 Å². The van der Waals surface area contributed by atoms with Gasteiger partial charge in [0.1, 0.15) is 5.82 Å². The number of carbonyl (C=O) groups is 1. The molecule has 0 radical (unpaired) electrons. The second kappa shape index (κ2) is 11.6. The summed E-state index contributed by atoms with van der Waals surface area (Å²) in [5.41, 5.74) is 2.62. The maximum absolute atomic E-state index is 13.6. The van der Waals surface area contributed by atoms with Gasteiger partial charge < -0.3 is 19.5 Å². The Labute approximate surface area is 187 Å². The summed E-state index contributed by atoms with van der Waals surface area (Å²) in [4.78, 5) is 15.9. The fraction of sp³-hybridized carbons (Fsp3) is 0.292. The fourth-order valence-electron chi connectivity index (χ4n) is 3.30. The van der Waals surface area contributed by atoms with Gasteiger partial charge in [-0.2, -0.15) is 0 Å². The van der Waals surface area contributed by atoms with E-state index in [1.807, 2.05) is 59.5 Å². The maximum atomic E-state index is 13.6. The average molecular weight is 442 g/mol. The van der Waals surface area contributed by atoms with E-state index < -0.39 is 0 Å². The van der Waals surface area contributed by atoms with Crippen molar-refractivity contribution in [3.8, 4) is 0 Å². The summed E-state index contributed by atoms with van der Waals surface area (Å²) in [6.45, 7) is 2.13. The molecule has 0 bridgehead atoms. The van der Waals surface area contributed by atoms with Crippen molar-refractivity contribution in [3.05, 3.63) is 83.9 Å². The van der Waals surface area contributed by atoms with E-state index in [9.17, 15) is 9.18 Å². The van der Waals surface area contributed by atoms with Crippen molar-refractivity contribution < 1.29 is 13.9 Å². The van der Waals surface area contributed by atoms with Crippen LogP contribution in [-0.4, -0.2) is 42.0 Å². The fourth-order valence-corrected chi connectivity index (χ4v) is 3.71. The molecule has 2 amide bonds. The van der Waals surface area contributed by atoms with Crippen molar-refractivity contribution in [1.82, 2.24) is 9.47 Å². The van der Waals surface area contributed by atoms with Crippen LogP contribution >= 0.6 is 11.8 Å². The second-order valence-electron chi connectivity index (χ2n) is 7.18. The highest BCUT2D eigenvalue weighted by Crippen LogP contribution is 2.18. The third kappa shape index (κ3) is 6.87. The molecule has 0 saturated carbocycles. The summed E-state index contributed by atoms with van der Waals surface area (Å²) in [5, 5.41) is 2.99. The van der Waals surface area contributed by atoms with Gasteiger partial charge in [0.2, 0.25) is 0 Å². The first kappa shape index (κ1) is 22.9. The molecule has 1 N–H and O–H groups in total. The van der Waals surface area contributed by atoms with Gasteiger partial charge in [0.05, 0.1) is 6.54 Å². The van der Waals surface area contributed by atoms with E-state index in [4.69, 9.17) is 4.74 Å². The summed E-state index contributed by atoms with van der Waals surface area (Å²) in [5.74, 6) is -0.251. The Morgan fingerprint density at radius 3 is 2.68 bits per heavy atom. The SMILES string of the molecule is COCCCN(Cc1cccn1Cc1cccc(F)c1)C(=O)Nc1ccc(SC)cc1. The standard InChI is InChI=1S/C24H28FN3O2S/c1-30-15-5-14-28(24(29)26-21-9-11-23(31-2)12-10-21)18-22-8-4-13-27(22)17-19-6-3-7-20(25)16-19/h3-4,6-13,16H,5,14-15,17-18H2,1-2H3,(H,26,29). The van der Waals surface area contributed by atoms with Gasteiger partial charge in [0.25, 0.3) is 0 Å². The minimum atomic E-state index is -0.251. The molecule has 164 valence electrons. The molecule has 0 saturated heterocycles. The summed E-state index contributed by atoms with van der Waals surface area (Å²) in [7, 11) is 1.65. The minimum Gasteiger partial charge on any atom is -0.385 e. The Kier molecular flexibility index (Phi) is 8.55. The molecular weight excluding hydrogens is 413 g/mol. The Balaban J connectivity index is 1.71. The Morgan fingerprint density at radius 1 is 1.16 bits per heavy atom. The number of halogens is 1. The molecule has 0 aliphatic heterocycles. The lowest BCUT2D eigenvalue weighted by atomic mass is 10.2. The van der Waals surface area contributed by atoms with Crippen LogP contribution in [-0.2, 0) is 17.8 Å². The molecule has 0 aliphatic rings. The summed E-state index contributed by atoms with van der Waals surface area (Å²) >= 11 is 1.66. The molecule has 1 aromatic heterocycles. The van der Waals surface area contributed by atoms with Crippen molar-refractivity contribution in [1.29, 1.82) is 0 Å². The van der Waals surface area contributed by atoms with E-state index in [0.717, 1.165) is 28.3 Å². The first-order valence-corrected chi connectivity index (χ1v) is 11.4.